The predicted octanol–water partition coefficient (Wildman–Crippen LogP) is 0.323. The van der Waals surface area contributed by atoms with Gasteiger partial charge in [0.15, 0.2) is 0 Å². The first-order chi connectivity index (χ1) is 8.29. The molecule has 0 spiro atoms. The summed E-state index contributed by atoms with van der Waals surface area (Å²) >= 11 is 0. The fourth-order valence-electron chi connectivity index (χ4n) is 2.13. The summed E-state index contributed by atoms with van der Waals surface area (Å²) in [6.45, 7) is 7.76. The van der Waals surface area contributed by atoms with Gasteiger partial charge >= 0.3 is 0 Å². The van der Waals surface area contributed by atoms with Gasteiger partial charge in [-0.2, -0.15) is 0 Å². The second kappa shape index (κ2) is 6.14. The van der Waals surface area contributed by atoms with E-state index in [2.05, 4.69) is 33.7 Å². The van der Waals surface area contributed by atoms with Gasteiger partial charge in [0.2, 0.25) is 0 Å². The summed E-state index contributed by atoms with van der Waals surface area (Å²) in [5.74, 6) is 0. The topological polar surface area (TPSA) is 42.3 Å². The van der Waals surface area contributed by atoms with Gasteiger partial charge in [-0.3, -0.25) is 0 Å². The van der Waals surface area contributed by atoms with Gasteiger partial charge in [-0.15, -0.1) is 0 Å². The Morgan fingerprint density at radius 1 is 1.59 bits per heavy atom. The number of morpholine rings is 1. The van der Waals surface area contributed by atoms with E-state index >= 15 is 0 Å². The second-order valence-corrected chi connectivity index (χ2v) is 4.56. The molecule has 1 saturated heterocycles. The van der Waals surface area contributed by atoms with Gasteiger partial charge in [0.05, 0.1) is 24.7 Å². The number of ether oxygens (including phenoxy) is 1. The number of nitrogens with one attached hydrogen (secondary N) is 1. The molecule has 0 bridgehead atoms. The highest BCUT2D eigenvalue weighted by atomic mass is 16.5. The predicted molar refractivity (Wildman–Crippen MR) is 66.8 cm³/mol. The zero-order valence-corrected chi connectivity index (χ0v) is 10.7. The molecule has 1 aliphatic heterocycles. The molecule has 0 saturated carbocycles. The lowest BCUT2D eigenvalue weighted by Crippen LogP contribution is -2.44. The van der Waals surface area contributed by atoms with Crippen LogP contribution in [0.1, 0.15) is 12.6 Å². The van der Waals surface area contributed by atoms with Crippen LogP contribution in [0.5, 0.6) is 0 Å². The molecule has 1 fully saturated rings. The van der Waals surface area contributed by atoms with E-state index in [1.807, 2.05) is 12.5 Å². The lowest BCUT2D eigenvalue weighted by molar-refractivity contribution is -0.0182. The highest BCUT2D eigenvalue weighted by Gasteiger charge is 2.16. The average molecular weight is 238 g/mol. The standard InChI is InChI=1S/C12H22N4O/c1-3-16-10-14-7-11(16)6-13-8-12-9-15(2)4-5-17-12/h7,10,12-13H,3-6,8-9H2,1-2H3. The maximum atomic E-state index is 5.70. The van der Waals surface area contributed by atoms with Gasteiger partial charge < -0.3 is 19.5 Å². The molecule has 1 atom stereocenters. The van der Waals surface area contributed by atoms with Crippen LogP contribution < -0.4 is 5.32 Å². The minimum atomic E-state index is 0.312. The van der Waals surface area contributed by atoms with Crippen LogP contribution >= 0.6 is 0 Å². The molecule has 5 heteroatoms. The van der Waals surface area contributed by atoms with Gasteiger partial charge in [0.1, 0.15) is 0 Å². The Balaban J connectivity index is 1.72. The molecule has 1 aliphatic rings. The number of hydrogen-bond donors (Lipinski definition) is 1. The zero-order valence-electron chi connectivity index (χ0n) is 10.7. The van der Waals surface area contributed by atoms with Crippen molar-refractivity contribution < 1.29 is 4.74 Å². The Morgan fingerprint density at radius 3 is 3.24 bits per heavy atom. The number of rotatable bonds is 5. The van der Waals surface area contributed by atoms with Crippen LogP contribution in [-0.2, 0) is 17.8 Å². The molecule has 0 amide bonds. The summed E-state index contributed by atoms with van der Waals surface area (Å²) in [4.78, 5) is 6.47. The first-order valence-electron chi connectivity index (χ1n) is 6.29. The first kappa shape index (κ1) is 12.5. The third kappa shape index (κ3) is 3.52. The Bertz CT molecular complexity index is 339. The molecule has 17 heavy (non-hydrogen) atoms. The highest BCUT2D eigenvalue weighted by Crippen LogP contribution is 2.03. The van der Waals surface area contributed by atoms with Crippen molar-refractivity contribution in [1.82, 2.24) is 19.8 Å². The maximum absolute atomic E-state index is 5.70. The number of hydrogen-bond acceptors (Lipinski definition) is 4. The first-order valence-corrected chi connectivity index (χ1v) is 6.29. The van der Waals surface area contributed by atoms with Crippen molar-refractivity contribution in [3.05, 3.63) is 18.2 Å². The normalized spacial score (nSPS) is 21.9. The largest absolute Gasteiger partial charge is 0.374 e. The smallest absolute Gasteiger partial charge is 0.0948 e. The van der Waals surface area contributed by atoms with E-state index in [1.54, 1.807) is 0 Å². The van der Waals surface area contributed by atoms with Crippen molar-refractivity contribution in [3.63, 3.8) is 0 Å². The van der Waals surface area contributed by atoms with Crippen LogP contribution in [0.4, 0.5) is 0 Å². The average Bonchev–Trinajstić information content (AvgIpc) is 2.77. The van der Waals surface area contributed by atoms with Gasteiger partial charge in [-0.05, 0) is 14.0 Å². The van der Waals surface area contributed by atoms with Crippen LogP contribution in [-0.4, -0.2) is 53.8 Å². The summed E-state index contributed by atoms with van der Waals surface area (Å²) in [6.07, 6.45) is 4.11. The minimum absolute atomic E-state index is 0.312. The minimum Gasteiger partial charge on any atom is -0.374 e. The molecule has 5 nitrogen and oxygen atoms in total. The molecule has 96 valence electrons. The molecule has 1 aromatic heterocycles. The van der Waals surface area contributed by atoms with E-state index in [0.717, 1.165) is 39.3 Å². The monoisotopic (exact) mass is 238 g/mol. The summed E-state index contributed by atoms with van der Waals surface area (Å²) in [6, 6.07) is 0. The van der Waals surface area contributed by atoms with E-state index in [9.17, 15) is 0 Å². The third-order valence-electron chi connectivity index (χ3n) is 3.16. The Labute approximate surface area is 103 Å². The number of aryl methyl sites for hydroxylation is 1. The number of nitrogens with zero attached hydrogens (tertiary/aromatic N) is 3. The molecular weight excluding hydrogens is 216 g/mol. The van der Waals surface area contributed by atoms with Crippen LogP contribution in [0.3, 0.4) is 0 Å². The fourth-order valence-corrected chi connectivity index (χ4v) is 2.13. The van der Waals surface area contributed by atoms with Crippen LogP contribution in [0, 0.1) is 0 Å². The van der Waals surface area contributed by atoms with Gasteiger partial charge in [-0.1, -0.05) is 0 Å². The number of imidazole rings is 1. The number of aromatic nitrogens is 2. The lowest BCUT2D eigenvalue weighted by Gasteiger charge is -2.30. The van der Waals surface area contributed by atoms with E-state index in [1.165, 1.54) is 5.69 Å². The van der Waals surface area contributed by atoms with Crippen molar-refractivity contribution in [2.45, 2.75) is 26.1 Å². The van der Waals surface area contributed by atoms with Crippen molar-refractivity contribution in [2.75, 3.05) is 33.3 Å². The molecule has 0 aromatic carbocycles. The lowest BCUT2D eigenvalue weighted by atomic mass is 10.3. The fraction of sp³-hybridized carbons (Fsp3) is 0.750. The summed E-state index contributed by atoms with van der Waals surface area (Å²) in [5.41, 5.74) is 1.23. The molecule has 0 radical (unpaired) electrons. The van der Waals surface area contributed by atoms with Crippen molar-refractivity contribution in [1.29, 1.82) is 0 Å². The summed E-state index contributed by atoms with van der Waals surface area (Å²) in [5, 5.41) is 3.44. The van der Waals surface area contributed by atoms with E-state index < -0.39 is 0 Å². The SMILES string of the molecule is CCn1cncc1CNCC1CN(C)CCO1. The Morgan fingerprint density at radius 2 is 2.47 bits per heavy atom. The molecule has 2 heterocycles. The van der Waals surface area contributed by atoms with Crippen LogP contribution in [0.25, 0.3) is 0 Å². The summed E-state index contributed by atoms with van der Waals surface area (Å²) in [7, 11) is 2.14. The van der Waals surface area contributed by atoms with Gasteiger partial charge in [-0.25, -0.2) is 4.98 Å². The summed E-state index contributed by atoms with van der Waals surface area (Å²) < 4.78 is 7.85. The maximum Gasteiger partial charge on any atom is 0.0948 e. The van der Waals surface area contributed by atoms with E-state index in [-0.39, 0.29) is 0 Å². The Kier molecular flexibility index (Phi) is 4.53. The van der Waals surface area contributed by atoms with Crippen LogP contribution in [0.15, 0.2) is 12.5 Å². The van der Waals surface area contributed by atoms with Gasteiger partial charge in [0.25, 0.3) is 0 Å². The Hall–Kier alpha value is -0.910. The van der Waals surface area contributed by atoms with Crippen molar-refractivity contribution in [3.8, 4) is 0 Å². The quantitative estimate of drug-likeness (QED) is 0.802. The van der Waals surface area contributed by atoms with E-state index in [0.29, 0.717) is 6.10 Å². The molecule has 1 N–H and O–H groups in total. The molecule has 1 unspecified atom stereocenters. The third-order valence-corrected chi connectivity index (χ3v) is 3.16. The second-order valence-electron chi connectivity index (χ2n) is 4.56. The highest BCUT2D eigenvalue weighted by molar-refractivity contribution is 4.97. The molecule has 0 aliphatic carbocycles. The molecule has 1 aromatic rings. The molecule has 2 rings (SSSR count). The number of likely N-dealkylation sites (N-methyl/N-ethyl adjacent to an activating group) is 1. The van der Waals surface area contributed by atoms with Crippen LogP contribution in [0.2, 0.25) is 0 Å². The molecular formula is C12H22N4O. The van der Waals surface area contributed by atoms with Gasteiger partial charge in [0, 0.05) is 38.9 Å². The van der Waals surface area contributed by atoms with Crippen molar-refractivity contribution in [2.24, 2.45) is 0 Å². The van der Waals surface area contributed by atoms with E-state index in [4.69, 9.17) is 4.74 Å². The van der Waals surface area contributed by atoms with Crippen molar-refractivity contribution >= 4 is 0 Å². The zero-order chi connectivity index (χ0) is 12.1.